The molecule has 1 rings (SSSR count). The van der Waals surface area contributed by atoms with Crippen molar-refractivity contribution in [3.8, 4) is 5.75 Å². The van der Waals surface area contributed by atoms with Crippen LogP contribution in [0.15, 0.2) is 24.5 Å². The summed E-state index contributed by atoms with van der Waals surface area (Å²) in [5, 5.41) is 8.59. The number of hydrogen-bond donors (Lipinski definition) is 2. The summed E-state index contributed by atoms with van der Waals surface area (Å²) in [6.45, 7) is 0.727. The third kappa shape index (κ3) is 5.76. The van der Waals surface area contributed by atoms with E-state index >= 15 is 0 Å². The number of carbonyl (C=O) groups excluding carboxylic acids is 1. The van der Waals surface area contributed by atoms with E-state index in [0.717, 1.165) is 6.92 Å². The second-order valence-electron chi connectivity index (χ2n) is 3.95. The molecule has 1 aromatic rings. The lowest BCUT2D eigenvalue weighted by atomic mass is 10.4. The average molecular weight is 302 g/mol. The molecule has 2 N–H and O–H groups in total. The van der Waals surface area contributed by atoms with Crippen molar-refractivity contribution in [3.63, 3.8) is 0 Å². The highest BCUT2D eigenvalue weighted by Gasteiger charge is 2.22. The Morgan fingerprint density at radius 2 is 2.20 bits per heavy atom. The molecule has 1 atom stereocenters. The van der Waals surface area contributed by atoms with Crippen LogP contribution in [-0.4, -0.2) is 48.7 Å². The second-order valence-corrected chi connectivity index (χ2v) is 5.71. The molecule has 0 aliphatic rings. The van der Waals surface area contributed by atoms with Crippen molar-refractivity contribution in [1.82, 2.24) is 9.71 Å². The van der Waals surface area contributed by atoms with Gasteiger partial charge < -0.3 is 9.84 Å². The second kappa shape index (κ2) is 6.96. The number of aliphatic carboxylic acids is 1. The van der Waals surface area contributed by atoms with Gasteiger partial charge >= 0.3 is 5.97 Å². The summed E-state index contributed by atoms with van der Waals surface area (Å²) in [4.78, 5) is 25.8. The molecule has 0 bridgehead atoms. The quantitative estimate of drug-likeness (QED) is 0.658. The smallest absolute Gasteiger partial charge is 0.321 e. The van der Waals surface area contributed by atoms with Gasteiger partial charge in [-0.3, -0.25) is 14.6 Å². The van der Waals surface area contributed by atoms with Gasteiger partial charge in [0.25, 0.3) is 0 Å². The van der Waals surface area contributed by atoms with Crippen LogP contribution in [0.25, 0.3) is 0 Å². The first kappa shape index (κ1) is 16.1. The SMILES string of the molecule is CC(NS(=O)(=O)CC(=O)COc1cccnc1)C(=O)O. The molecule has 9 heteroatoms. The minimum absolute atomic E-state index is 0.338. The standard InChI is InChI=1S/C11H14N2O6S/c1-8(11(15)16)13-20(17,18)7-9(14)6-19-10-3-2-4-12-5-10/h2-5,8,13H,6-7H2,1H3,(H,15,16). The number of ketones is 1. The van der Waals surface area contributed by atoms with E-state index in [9.17, 15) is 18.0 Å². The number of carboxylic acid groups (broad SMARTS) is 1. The number of Topliss-reactive ketones (excluding diaryl/α,β-unsaturated/α-hetero) is 1. The number of aromatic nitrogens is 1. The van der Waals surface area contributed by atoms with Gasteiger partial charge in [-0.1, -0.05) is 0 Å². The Balaban J connectivity index is 2.47. The van der Waals surface area contributed by atoms with Crippen LogP contribution in [-0.2, 0) is 19.6 Å². The fourth-order valence-corrected chi connectivity index (χ4v) is 2.44. The van der Waals surface area contributed by atoms with Crippen LogP contribution in [0.1, 0.15) is 6.92 Å². The highest BCUT2D eigenvalue weighted by molar-refractivity contribution is 7.90. The summed E-state index contributed by atoms with van der Waals surface area (Å²) in [6, 6.07) is 1.87. The van der Waals surface area contributed by atoms with Gasteiger partial charge in [-0.15, -0.1) is 0 Å². The summed E-state index contributed by atoms with van der Waals surface area (Å²) in [5.41, 5.74) is 0. The van der Waals surface area contributed by atoms with Gasteiger partial charge in [-0.05, 0) is 19.1 Å². The lowest BCUT2D eigenvalue weighted by molar-refractivity contribution is -0.138. The van der Waals surface area contributed by atoms with Crippen LogP contribution in [0.5, 0.6) is 5.75 Å². The minimum atomic E-state index is -4.01. The van der Waals surface area contributed by atoms with Gasteiger partial charge in [-0.2, -0.15) is 0 Å². The zero-order valence-corrected chi connectivity index (χ0v) is 11.5. The van der Waals surface area contributed by atoms with E-state index in [-0.39, 0.29) is 0 Å². The first-order chi connectivity index (χ1) is 9.30. The highest BCUT2D eigenvalue weighted by atomic mass is 32.2. The normalized spacial score (nSPS) is 12.7. The van der Waals surface area contributed by atoms with E-state index in [4.69, 9.17) is 9.84 Å². The lowest BCUT2D eigenvalue weighted by Crippen LogP contribution is -2.41. The van der Waals surface area contributed by atoms with Crippen molar-refractivity contribution in [3.05, 3.63) is 24.5 Å². The predicted octanol–water partition coefficient (Wildman–Crippen LogP) is -0.578. The molecule has 0 saturated heterocycles. The molecule has 1 heterocycles. The number of sulfonamides is 1. The van der Waals surface area contributed by atoms with Crippen LogP contribution in [0.3, 0.4) is 0 Å². The van der Waals surface area contributed by atoms with Crippen LogP contribution in [0, 0.1) is 0 Å². The van der Waals surface area contributed by atoms with E-state index in [1.165, 1.54) is 12.4 Å². The van der Waals surface area contributed by atoms with Crippen molar-refractivity contribution in [2.45, 2.75) is 13.0 Å². The van der Waals surface area contributed by atoms with Gasteiger partial charge in [0, 0.05) is 6.20 Å². The number of hydrogen-bond acceptors (Lipinski definition) is 6. The van der Waals surface area contributed by atoms with E-state index < -0.39 is 40.2 Å². The predicted molar refractivity (Wildman–Crippen MR) is 68.8 cm³/mol. The first-order valence-corrected chi connectivity index (χ1v) is 7.23. The highest BCUT2D eigenvalue weighted by Crippen LogP contribution is 2.05. The van der Waals surface area contributed by atoms with Gasteiger partial charge in [0.2, 0.25) is 10.0 Å². The van der Waals surface area contributed by atoms with Gasteiger partial charge in [0.15, 0.2) is 5.78 Å². The minimum Gasteiger partial charge on any atom is -0.484 e. The molecule has 20 heavy (non-hydrogen) atoms. The molecule has 1 unspecified atom stereocenters. The monoisotopic (exact) mass is 302 g/mol. The summed E-state index contributed by atoms with van der Waals surface area (Å²) in [7, 11) is -4.01. The maximum absolute atomic E-state index is 11.5. The van der Waals surface area contributed by atoms with Crippen LogP contribution in [0.2, 0.25) is 0 Å². The van der Waals surface area contributed by atoms with E-state index in [2.05, 4.69) is 4.98 Å². The molecule has 0 aromatic carbocycles. The summed E-state index contributed by atoms with van der Waals surface area (Å²) >= 11 is 0. The topological polar surface area (TPSA) is 123 Å². The molecular weight excluding hydrogens is 288 g/mol. The zero-order chi connectivity index (χ0) is 15.2. The van der Waals surface area contributed by atoms with Crippen molar-refractivity contribution in [2.75, 3.05) is 12.4 Å². The Bertz CT molecular complexity index is 572. The summed E-state index contributed by atoms with van der Waals surface area (Å²) in [6.07, 6.45) is 2.91. The molecule has 110 valence electrons. The molecule has 0 saturated carbocycles. The molecule has 0 fully saturated rings. The molecule has 1 aromatic heterocycles. The van der Waals surface area contributed by atoms with Gasteiger partial charge in [0.1, 0.15) is 24.2 Å². The molecule has 0 aliphatic carbocycles. The van der Waals surface area contributed by atoms with E-state index in [0.29, 0.717) is 5.75 Å². The maximum atomic E-state index is 11.5. The molecule has 8 nitrogen and oxygen atoms in total. The van der Waals surface area contributed by atoms with E-state index in [1.54, 1.807) is 12.1 Å². The number of carbonyl (C=O) groups is 2. The van der Waals surface area contributed by atoms with Crippen molar-refractivity contribution >= 4 is 21.8 Å². The van der Waals surface area contributed by atoms with Crippen molar-refractivity contribution in [2.24, 2.45) is 0 Å². The molecule has 0 amide bonds. The largest absolute Gasteiger partial charge is 0.484 e. The molecule has 0 spiro atoms. The summed E-state index contributed by atoms with van der Waals surface area (Å²) < 4.78 is 29.9. The maximum Gasteiger partial charge on any atom is 0.321 e. The van der Waals surface area contributed by atoms with Crippen molar-refractivity contribution in [1.29, 1.82) is 0 Å². The van der Waals surface area contributed by atoms with Gasteiger partial charge in [0.05, 0.1) is 6.20 Å². The van der Waals surface area contributed by atoms with Crippen LogP contribution < -0.4 is 9.46 Å². The Kier molecular flexibility index (Phi) is 5.59. The number of carboxylic acids is 1. The van der Waals surface area contributed by atoms with Gasteiger partial charge in [-0.25, -0.2) is 13.1 Å². The molecule has 0 aliphatic heterocycles. The Hall–Kier alpha value is -2.00. The number of rotatable bonds is 8. The Morgan fingerprint density at radius 1 is 1.50 bits per heavy atom. The first-order valence-electron chi connectivity index (χ1n) is 5.57. The van der Waals surface area contributed by atoms with Crippen LogP contribution in [0.4, 0.5) is 0 Å². The zero-order valence-electron chi connectivity index (χ0n) is 10.6. The summed E-state index contributed by atoms with van der Waals surface area (Å²) in [5.74, 6) is -2.53. The fraction of sp³-hybridized carbons (Fsp3) is 0.364. The third-order valence-corrected chi connectivity index (χ3v) is 3.53. The Morgan fingerprint density at radius 3 is 2.75 bits per heavy atom. The number of nitrogens with zero attached hydrogens (tertiary/aromatic N) is 1. The fourth-order valence-electron chi connectivity index (χ4n) is 1.21. The number of nitrogens with one attached hydrogen (secondary N) is 1. The van der Waals surface area contributed by atoms with Crippen LogP contribution >= 0.6 is 0 Å². The molecule has 0 radical (unpaired) electrons. The molecular formula is C11H14N2O6S. The van der Waals surface area contributed by atoms with Crippen molar-refractivity contribution < 1.29 is 27.9 Å². The third-order valence-electron chi connectivity index (χ3n) is 2.11. The Labute approximate surface area is 115 Å². The number of pyridine rings is 1. The van der Waals surface area contributed by atoms with E-state index in [1.807, 2.05) is 4.72 Å². The lowest BCUT2D eigenvalue weighted by Gasteiger charge is -2.10. The average Bonchev–Trinajstić information content (AvgIpc) is 2.36. The number of ether oxygens (including phenoxy) is 1.